The van der Waals surface area contributed by atoms with Crippen molar-refractivity contribution in [1.29, 1.82) is 0 Å². The Morgan fingerprint density at radius 2 is 2.05 bits per heavy atom. The van der Waals surface area contributed by atoms with Gasteiger partial charge in [-0.25, -0.2) is 0 Å². The maximum atomic E-state index is 3.80. The second kappa shape index (κ2) is 6.79. The summed E-state index contributed by atoms with van der Waals surface area (Å²) in [4.78, 5) is 2.89. The van der Waals surface area contributed by atoms with Crippen molar-refractivity contribution in [2.45, 2.75) is 91.3 Å². The Hall–Kier alpha value is -0.0800. The summed E-state index contributed by atoms with van der Waals surface area (Å²) in [7, 11) is 0. The van der Waals surface area contributed by atoms with Crippen LogP contribution in [0.5, 0.6) is 0 Å². The Balaban J connectivity index is 2.06. The normalized spacial score (nSPS) is 35.4. The van der Waals surface area contributed by atoms with E-state index in [9.17, 15) is 0 Å². The van der Waals surface area contributed by atoms with Crippen molar-refractivity contribution in [2.24, 2.45) is 11.3 Å². The maximum Gasteiger partial charge on any atom is 0.0247 e. The van der Waals surface area contributed by atoms with Crippen LogP contribution in [0.1, 0.15) is 73.1 Å². The highest BCUT2D eigenvalue weighted by molar-refractivity contribution is 4.94. The minimum atomic E-state index is 0.551. The highest BCUT2D eigenvalue weighted by Crippen LogP contribution is 2.39. The predicted octanol–water partition coefficient (Wildman–Crippen LogP) is 4.05. The van der Waals surface area contributed by atoms with Gasteiger partial charge in [-0.2, -0.15) is 0 Å². The third kappa shape index (κ3) is 3.98. The number of nitrogens with one attached hydrogen (secondary N) is 1. The topological polar surface area (TPSA) is 15.3 Å². The summed E-state index contributed by atoms with van der Waals surface area (Å²) in [5, 5.41) is 3.80. The first kappa shape index (κ1) is 16.3. The first-order valence-corrected chi connectivity index (χ1v) is 8.92. The Morgan fingerprint density at radius 1 is 1.30 bits per heavy atom. The summed E-state index contributed by atoms with van der Waals surface area (Å²) >= 11 is 0. The molecule has 2 nitrogen and oxygen atoms in total. The van der Waals surface area contributed by atoms with Crippen molar-refractivity contribution < 1.29 is 0 Å². The van der Waals surface area contributed by atoms with Gasteiger partial charge in [-0.3, -0.25) is 4.90 Å². The van der Waals surface area contributed by atoms with E-state index in [1.54, 1.807) is 0 Å². The highest BCUT2D eigenvalue weighted by atomic mass is 15.3. The lowest BCUT2D eigenvalue weighted by Crippen LogP contribution is -2.61. The van der Waals surface area contributed by atoms with Gasteiger partial charge in [-0.15, -0.1) is 0 Å². The van der Waals surface area contributed by atoms with Crippen LogP contribution >= 0.6 is 0 Å². The van der Waals surface area contributed by atoms with E-state index in [1.165, 1.54) is 51.6 Å². The lowest BCUT2D eigenvalue weighted by atomic mass is 9.74. The molecule has 2 heteroatoms. The summed E-state index contributed by atoms with van der Waals surface area (Å²) < 4.78 is 0. The smallest absolute Gasteiger partial charge is 0.0247 e. The molecule has 0 aromatic carbocycles. The molecular formula is C18H36N2. The number of hydrogen-bond acceptors (Lipinski definition) is 2. The van der Waals surface area contributed by atoms with Crippen molar-refractivity contribution >= 4 is 0 Å². The van der Waals surface area contributed by atoms with Crippen LogP contribution in [0, 0.1) is 11.3 Å². The van der Waals surface area contributed by atoms with Gasteiger partial charge in [-0.05, 0) is 37.0 Å². The summed E-state index contributed by atoms with van der Waals surface area (Å²) in [6.45, 7) is 14.5. The van der Waals surface area contributed by atoms with Crippen LogP contribution in [0.15, 0.2) is 0 Å². The molecule has 118 valence electrons. The van der Waals surface area contributed by atoms with Gasteiger partial charge < -0.3 is 5.32 Å². The van der Waals surface area contributed by atoms with Gasteiger partial charge in [0.1, 0.15) is 0 Å². The maximum absolute atomic E-state index is 3.80. The number of hydrogen-bond donors (Lipinski definition) is 1. The first-order chi connectivity index (χ1) is 9.43. The number of nitrogens with zero attached hydrogens (tertiary/aromatic N) is 1. The van der Waals surface area contributed by atoms with Gasteiger partial charge in [0.25, 0.3) is 0 Å². The van der Waals surface area contributed by atoms with Crippen molar-refractivity contribution in [3.8, 4) is 0 Å². The molecule has 3 unspecified atom stereocenters. The minimum absolute atomic E-state index is 0.551. The molecular weight excluding hydrogens is 244 g/mol. The zero-order chi connectivity index (χ0) is 14.8. The summed E-state index contributed by atoms with van der Waals surface area (Å²) in [5.41, 5.74) is 0.551. The van der Waals surface area contributed by atoms with Crippen LogP contribution < -0.4 is 5.32 Å². The average molecular weight is 280 g/mol. The Kier molecular flexibility index (Phi) is 5.53. The van der Waals surface area contributed by atoms with Crippen LogP contribution in [-0.2, 0) is 0 Å². The third-order valence-electron chi connectivity index (χ3n) is 5.53. The highest BCUT2D eigenvalue weighted by Gasteiger charge is 2.38. The van der Waals surface area contributed by atoms with Crippen LogP contribution in [0.2, 0.25) is 0 Å². The van der Waals surface area contributed by atoms with E-state index in [0.29, 0.717) is 5.41 Å². The number of piperazine rings is 1. The van der Waals surface area contributed by atoms with Crippen molar-refractivity contribution in [1.82, 2.24) is 10.2 Å². The van der Waals surface area contributed by atoms with Gasteiger partial charge >= 0.3 is 0 Å². The fourth-order valence-electron chi connectivity index (χ4n) is 4.38. The Morgan fingerprint density at radius 3 is 2.65 bits per heavy atom. The standard InChI is InChI=1S/C18H36N2/c1-6-8-15-13-20(17(12-19-15)14(2)3)16-9-7-10-18(4,5)11-16/h14-17,19H,6-13H2,1-5H3. The van der Waals surface area contributed by atoms with Crippen molar-refractivity contribution in [3.63, 3.8) is 0 Å². The monoisotopic (exact) mass is 280 g/mol. The van der Waals surface area contributed by atoms with E-state index < -0.39 is 0 Å². The first-order valence-electron chi connectivity index (χ1n) is 8.92. The van der Waals surface area contributed by atoms with Crippen molar-refractivity contribution in [2.75, 3.05) is 13.1 Å². The van der Waals surface area contributed by atoms with Crippen LogP contribution in [0.25, 0.3) is 0 Å². The lowest BCUT2D eigenvalue weighted by molar-refractivity contribution is 0.0128. The lowest BCUT2D eigenvalue weighted by Gasteiger charge is -2.50. The molecule has 1 aliphatic carbocycles. The summed E-state index contributed by atoms with van der Waals surface area (Å²) in [6.07, 6.45) is 8.29. The molecule has 0 aromatic rings. The molecule has 2 aliphatic rings. The molecule has 2 fully saturated rings. The Bertz CT molecular complexity index is 298. The van der Waals surface area contributed by atoms with E-state index in [0.717, 1.165) is 24.0 Å². The summed E-state index contributed by atoms with van der Waals surface area (Å²) in [5.74, 6) is 0.759. The zero-order valence-corrected chi connectivity index (χ0v) is 14.4. The SMILES string of the molecule is CCCC1CN(C2CCCC(C)(C)C2)C(C(C)C)CN1. The van der Waals surface area contributed by atoms with E-state index in [-0.39, 0.29) is 0 Å². The molecule has 0 spiro atoms. The molecule has 0 radical (unpaired) electrons. The van der Waals surface area contributed by atoms with Crippen LogP contribution in [0.3, 0.4) is 0 Å². The van der Waals surface area contributed by atoms with E-state index in [1.807, 2.05) is 0 Å². The second-order valence-electron chi connectivity index (χ2n) is 8.32. The van der Waals surface area contributed by atoms with Gasteiger partial charge in [0.05, 0.1) is 0 Å². The van der Waals surface area contributed by atoms with E-state index in [2.05, 4.69) is 44.8 Å². The summed E-state index contributed by atoms with van der Waals surface area (Å²) in [6, 6.07) is 2.29. The van der Waals surface area contributed by atoms with E-state index in [4.69, 9.17) is 0 Å². The zero-order valence-electron chi connectivity index (χ0n) is 14.4. The molecule has 1 heterocycles. The molecule has 1 aliphatic heterocycles. The van der Waals surface area contributed by atoms with Gasteiger partial charge in [0, 0.05) is 31.2 Å². The average Bonchev–Trinajstić information content (AvgIpc) is 2.37. The molecule has 1 saturated heterocycles. The third-order valence-corrected chi connectivity index (χ3v) is 5.53. The molecule has 20 heavy (non-hydrogen) atoms. The fraction of sp³-hybridized carbons (Fsp3) is 1.00. The van der Waals surface area contributed by atoms with E-state index >= 15 is 0 Å². The quantitative estimate of drug-likeness (QED) is 0.835. The van der Waals surface area contributed by atoms with Gasteiger partial charge in [-0.1, -0.05) is 47.5 Å². The predicted molar refractivity (Wildman–Crippen MR) is 88.1 cm³/mol. The molecule has 0 bridgehead atoms. The molecule has 1 N–H and O–H groups in total. The second-order valence-corrected chi connectivity index (χ2v) is 8.32. The largest absolute Gasteiger partial charge is 0.311 e. The van der Waals surface area contributed by atoms with Crippen LogP contribution in [-0.4, -0.2) is 36.1 Å². The number of rotatable bonds is 4. The molecule has 0 amide bonds. The van der Waals surface area contributed by atoms with Gasteiger partial charge in [0.15, 0.2) is 0 Å². The molecule has 2 rings (SSSR count). The van der Waals surface area contributed by atoms with Crippen LogP contribution in [0.4, 0.5) is 0 Å². The molecule has 0 aromatic heterocycles. The molecule has 3 atom stereocenters. The Labute approximate surface area is 126 Å². The molecule has 1 saturated carbocycles. The van der Waals surface area contributed by atoms with Crippen molar-refractivity contribution in [3.05, 3.63) is 0 Å². The minimum Gasteiger partial charge on any atom is -0.311 e. The fourth-order valence-corrected chi connectivity index (χ4v) is 4.38. The van der Waals surface area contributed by atoms with Gasteiger partial charge in [0.2, 0.25) is 0 Å².